The number of rotatable bonds is 3. The molecule has 14 heavy (non-hydrogen) atoms. The van der Waals surface area contributed by atoms with Gasteiger partial charge >= 0.3 is 0 Å². The summed E-state index contributed by atoms with van der Waals surface area (Å²) < 4.78 is 0. The molecule has 0 N–H and O–H groups in total. The third-order valence-corrected chi connectivity index (χ3v) is 2.53. The van der Waals surface area contributed by atoms with Gasteiger partial charge in [-0.25, -0.2) is 0 Å². The highest BCUT2D eigenvalue weighted by molar-refractivity contribution is 5.56. The van der Waals surface area contributed by atoms with Crippen molar-refractivity contribution in [2.45, 2.75) is 40.0 Å². The molecular formula is C14H20. The summed E-state index contributed by atoms with van der Waals surface area (Å²) in [6.07, 6.45) is 5.44. The SMILES string of the molecule is C/C=C\c1cccc(CC)c1C(C)C. The summed E-state index contributed by atoms with van der Waals surface area (Å²) in [4.78, 5) is 0. The maximum atomic E-state index is 2.27. The van der Waals surface area contributed by atoms with Crippen molar-refractivity contribution in [1.29, 1.82) is 0 Å². The molecular weight excluding hydrogens is 168 g/mol. The lowest BCUT2D eigenvalue weighted by Gasteiger charge is -2.14. The van der Waals surface area contributed by atoms with Gasteiger partial charge in [0.15, 0.2) is 0 Å². The fourth-order valence-electron chi connectivity index (χ4n) is 1.97. The Kier molecular flexibility index (Phi) is 3.94. The molecule has 0 heterocycles. The Labute approximate surface area is 87.7 Å². The number of hydrogen-bond acceptors (Lipinski definition) is 0. The van der Waals surface area contributed by atoms with Crippen molar-refractivity contribution in [2.24, 2.45) is 0 Å². The molecule has 0 fully saturated rings. The Bertz CT molecular complexity index is 319. The Morgan fingerprint density at radius 1 is 1.29 bits per heavy atom. The summed E-state index contributed by atoms with van der Waals surface area (Å²) in [5.41, 5.74) is 4.37. The van der Waals surface area contributed by atoms with E-state index >= 15 is 0 Å². The van der Waals surface area contributed by atoms with Gasteiger partial charge in [0.05, 0.1) is 0 Å². The second kappa shape index (κ2) is 4.99. The smallest absolute Gasteiger partial charge is 0.0210 e. The number of hydrogen-bond donors (Lipinski definition) is 0. The van der Waals surface area contributed by atoms with E-state index in [1.165, 1.54) is 16.7 Å². The summed E-state index contributed by atoms with van der Waals surface area (Å²) in [7, 11) is 0. The van der Waals surface area contributed by atoms with Crippen LogP contribution in [-0.4, -0.2) is 0 Å². The van der Waals surface area contributed by atoms with Gasteiger partial charge in [-0.2, -0.15) is 0 Å². The van der Waals surface area contributed by atoms with E-state index in [0.717, 1.165) is 6.42 Å². The average molecular weight is 188 g/mol. The lowest BCUT2D eigenvalue weighted by Crippen LogP contribution is -1.98. The third-order valence-electron chi connectivity index (χ3n) is 2.53. The van der Waals surface area contributed by atoms with E-state index in [0.29, 0.717) is 5.92 Å². The van der Waals surface area contributed by atoms with E-state index < -0.39 is 0 Å². The molecule has 0 saturated carbocycles. The molecule has 0 nitrogen and oxygen atoms in total. The number of allylic oxidation sites excluding steroid dienone is 1. The van der Waals surface area contributed by atoms with Gasteiger partial charge in [0.2, 0.25) is 0 Å². The molecule has 0 aliphatic carbocycles. The third kappa shape index (κ3) is 2.25. The van der Waals surface area contributed by atoms with E-state index in [1.54, 1.807) is 0 Å². The Morgan fingerprint density at radius 3 is 2.50 bits per heavy atom. The van der Waals surface area contributed by atoms with Gasteiger partial charge in [-0.3, -0.25) is 0 Å². The molecule has 1 aromatic rings. The van der Waals surface area contributed by atoms with Crippen molar-refractivity contribution < 1.29 is 0 Å². The van der Waals surface area contributed by atoms with Gasteiger partial charge in [0.25, 0.3) is 0 Å². The molecule has 0 bridgehead atoms. The van der Waals surface area contributed by atoms with Crippen LogP contribution in [0.4, 0.5) is 0 Å². The highest BCUT2D eigenvalue weighted by Gasteiger charge is 2.08. The van der Waals surface area contributed by atoms with Crippen LogP contribution in [0.15, 0.2) is 24.3 Å². The van der Waals surface area contributed by atoms with Crippen LogP contribution in [0.1, 0.15) is 50.3 Å². The predicted molar refractivity (Wildman–Crippen MR) is 64.6 cm³/mol. The molecule has 0 atom stereocenters. The molecule has 0 aromatic heterocycles. The molecule has 0 aliphatic heterocycles. The zero-order valence-corrected chi connectivity index (χ0v) is 9.67. The summed E-state index contributed by atoms with van der Waals surface area (Å²) in [6.45, 7) is 8.83. The van der Waals surface area contributed by atoms with Gasteiger partial charge in [-0.05, 0) is 36.0 Å². The lowest BCUT2D eigenvalue weighted by atomic mass is 9.90. The summed E-state index contributed by atoms with van der Waals surface area (Å²) in [5, 5.41) is 0. The van der Waals surface area contributed by atoms with Gasteiger partial charge in [0, 0.05) is 0 Å². The maximum Gasteiger partial charge on any atom is -0.0210 e. The Morgan fingerprint density at radius 2 is 2.00 bits per heavy atom. The minimum Gasteiger partial charge on any atom is -0.0871 e. The fourth-order valence-corrected chi connectivity index (χ4v) is 1.97. The highest BCUT2D eigenvalue weighted by Crippen LogP contribution is 2.25. The van der Waals surface area contributed by atoms with Gasteiger partial charge in [0.1, 0.15) is 0 Å². The minimum atomic E-state index is 0.609. The molecule has 0 aliphatic rings. The first-order chi connectivity index (χ1) is 6.70. The van der Waals surface area contributed by atoms with Crippen molar-refractivity contribution in [2.75, 3.05) is 0 Å². The molecule has 76 valence electrons. The van der Waals surface area contributed by atoms with E-state index in [-0.39, 0.29) is 0 Å². The van der Waals surface area contributed by atoms with Crippen molar-refractivity contribution in [3.05, 3.63) is 41.0 Å². The highest BCUT2D eigenvalue weighted by atomic mass is 14.1. The van der Waals surface area contributed by atoms with Crippen molar-refractivity contribution in [3.8, 4) is 0 Å². The van der Waals surface area contributed by atoms with Crippen LogP contribution in [0, 0.1) is 0 Å². The normalized spacial score (nSPS) is 11.5. The number of aryl methyl sites for hydroxylation is 1. The Balaban J connectivity index is 3.27. The van der Waals surface area contributed by atoms with Crippen LogP contribution in [0.2, 0.25) is 0 Å². The minimum absolute atomic E-state index is 0.609. The standard InChI is InChI=1S/C14H20/c1-5-8-13-10-7-9-12(6-2)14(13)11(3)4/h5,7-11H,6H2,1-4H3/b8-5-. The van der Waals surface area contributed by atoms with E-state index in [4.69, 9.17) is 0 Å². The summed E-state index contributed by atoms with van der Waals surface area (Å²) in [6, 6.07) is 6.59. The maximum absolute atomic E-state index is 2.27. The van der Waals surface area contributed by atoms with Crippen molar-refractivity contribution >= 4 is 6.08 Å². The van der Waals surface area contributed by atoms with E-state index in [1.807, 2.05) is 0 Å². The molecule has 0 unspecified atom stereocenters. The molecule has 1 rings (SSSR count). The summed E-state index contributed by atoms with van der Waals surface area (Å²) >= 11 is 0. The molecule has 0 saturated heterocycles. The van der Waals surface area contributed by atoms with Crippen molar-refractivity contribution in [1.82, 2.24) is 0 Å². The topological polar surface area (TPSA) is 0 Å². The molecule has 0 heteroatoms. The zero-order chi connectivity index (χ0) is 10.6. The van der Waals surface area contributed by atoms with Crippen LogP contribution < -0.4 is 0 Å². The molecule has 1 aromatic carbocycles. The van der Waals surface area contributed by atoms with Crippen LogP contribution in [0.5, 0.6) is 0 Å². The summed E-state index contributed by atoms with van der Waals surface area (Å²) in [5.74, 6) is 0.609. The average Bonchev–Trinajstić information content (AvgIpc) is 2.17. The Hall–Kier alpha value is -1.04. The first-order valence-electron chi connectivity index (χ1n) is 5.45. The van der Waals surface area contributed by atoms with Crippen LogP contribution >= 0.6 is 0 Å². The number of benzene rings is 1. The first-order valence-corrected chi connectivity index (χ1v) is 5.45. The lowest BCUT2D eigenvalue weighted by molar-refractivity contribution is 0.841. The fraction of sp³-hybridized carbons (Fsp3) is 0.429. The molecule has 0 amide bonds. The monoisotopic (exact) mass is 188 g/mol. The first kappa shape index (κ1) is 11.0. The van der Waals surface area contributed by atoms with Gasteiger partial charge < -0.3 is 0 Å². The second-order valence-corrected chi connectivity index (χ2v) is 3.93. The predicted octanol–water partition coefficient (Wildman–Crippen LogP) is 4.41. The van der Waals surface area contributed by atoms with Crippen molar-refractivity contribution in [3.63, 3.8) is 0 Å². The quantitative estimate of drug-likeness (QED) is 0.659. The van der Waals surface area contributed by atoms with E-state index in [9.17, 15) is 0 Å². The molecule has 0 spiro atoms. The zero-order valence-electron chi connectivity index (χ0n) is 9.67. The van der Waals surface area contributed by atoms with Crippen LogP contribution in [-0.2, 0) is 6.42 Å². The second-order valence-electron chi connectivity index (χ2n) is 3.93. The van der Waals surface area contributed by atoms with Crippen LogP contribution in [0.3, 0.4) is 0 Å². The largest absolute Gasteiger partial charge is 0.0871 e. The van der Waals surface area contributed by atoms with E-state index in [2.05, 4.69) is 58.0 Å². The van der Waals surface area contributed by atoms with Gasteiger partial charge in [-0.15, -0.1) is 0 Å². The van der Waals surface area contributed by atoms with Crippen LogP contribution in [0.25, 0.3) is 6.08 Å². The molecule has 0 radical (unpaired) electrons. The van der Waals surface area contributed by atoms with Gasteiger partial charge in [-0.1, -0.05) is 51.1 Å².